The molecule has 0 unspecified atom stereocenters. The molecule has 0 N–H and O–H groups in total. The summed E-state index contributed by atoms with van der Waals surface area (Å²) in [6.07, 6.45) is 0. The van der Waals surface area contributed by atoms with E-state index in [0.717, 1.165) is 30.2 Å². The maximum Gasteiger partial charge on any atom is 0.286 e. The quantitative estimate of drug-likeness (QED) is 0.297. The minimum atomic E-state index is -0.265. The first kappa shape index (κ1) is 14.4. The first-order valence-electron chi connectivity index (χ1n) is 7.00. The first-order chi connectivity index (χ1) is 11.1. The van der Waals surface area contributed by atoms with Gasteiger partial charge in [0.25, 0.3) is 5.69 Å². The van der Waals surface area contributed by atoms with Gasteiger partial charge in [0.2, 0.25) is 0 Å². The third-order valence-electron chi connectivity index (χ3n) is 3.85. The molecule has 0 atom stereocenters. The number of nitrogens with zero attached hydrogens (tertiary/aromatic N) is 1. The van der Waals surface area contributed by atoms with E-state index in [-0.39, 0.29) is 10.6 Å². The van der Waals surface area contributed by atoms with Crippen molar-refractivity contribution in [1.82, 2.24) is 0 Å². The molecule has 0 spiro atoms. The summed E-state index contributed by atoms with van der Waals surface area (Å²) in [5.74, 6) is 0. The average Bonchev–Trinajstić information content (AvgIpc) is 2.93. The van der Waals surface area contributed by atoms with Gasteiger partial charge < -0.3 is 0 Å². The first-order valence-corrected chi connectivity index (χ1v) is 8.60. The Kier molecular flexibility index (Phi) is 3.39. The zero-order chi connectivity index (χ0) is 16.0. The lowest BCUT2D eigenvalue weighted by Gasteiger charge is -2.05. The van der Waals surface area contributed by atoms with E-state index in [1.165, 1.54) is 0 Å². The summed E-state index contributed by atoms with van der Waals surface area (Å²) in [6, 6.07) is 19.2. The molecule has 3 nitrogen and oxygen atoms in total. The van der Waals surface area contributed by atoms with Crippen LogP contribution in [0.5, 0.6) is 0 Å². The molecule has 23 heavy (non-hydrogen) atoms. The molecule has 0 saturated carbocycles. The van der Waals surface area contributed by atoms with Gasteiger partial charge in [-0.05, 0) is 35.9 Å². The molecule has 4 rings (SSSR count). The van der Waals surface area contributed by atoms with Crippen molar-refractivity contribution in [3.63, 3.8) is 0 Å². The summed E-state index contributed by atoms with van der Waals surface area (Å²) >= 11 is 4.99. The van der Waals surface area contributed by atoms with Crippen molar-refractivity contribution in [2.24, 2.45) is 0 Å². The van der Waals surface area contributed by atoms with Gasteiger partial charge in [0.1, 0.15) is 0 Å². The van der Waals surface area contributed by atoms with E-state index in [1.54, 1.807) is 11.3 Å². The van der Waals surface area contributed by atoms with Crippen molar-refractivity contribution in [3.8, 4) is 11.1 Å². The highest BCUT2D eigenvalue weighted by molar-refractivity contribution is 9.10. The maximum absolute atomic E-state index is 11.8. The van der Waals surface area contributed by atoms with Crippen molar-refractivity contribution in [2.45, 2.75) is 0 Å². The molecule has 0 aliphatic heterocycles. The summed E-state index contributed by atoms with van der Waals surface area (Å²) in [4.78, 5) is 11.6. The molecule has 5 heteroatoms. The van der Waals surface area contributed by atoms with Gasteiger partial charge in [0, 0.05) is 19.3 Å². The predicted octanol–water partition coefficient (Wildman–Crippen LogP) is 6.39. The van der Waals surface area contributed by atoms with E-state index < -0.39 is 0 Å². The Labute approximate surface area is 144 Å². The molecule has 0 radical (unpaired) electrons. The molecular weight excluding hydrogens is 374 g/mol. The average molecular weight is 384 g/mol. The molecule has 0 saturated heterocycles. The summed E-state index contributed by atoms with van der Waals surface area (Å²) in [5, 5.41) is 13.5. The van der Waals surface area contributed by atoms with Gasteiger partial charge in [-0.15, -0.1) is 11.3 Å². The van der Waals surface area contributed by atoms with E-state index >= 15 is 0 Å². The predicted molar refractivity (Wildman–Crippen MR) is 99.1 cm³/mol. The van der Waals surface area contributed by atoms with Crippen LogP contribution < -0.4 is 0 Å². The third kappa shape index (κ3) is 2.33. The minimum Gasteiger partial charge on any atom is -0.258 e. The van der Waals surface area contributed by atoms with Crippen molar-refractivity contribution >= 4 is 53.1 Å². The molecule has 112 valence electrons. The van der Waals surface area contributed by atoms with Crippen LogP contribution in [0.3, 0.4) is 0 Å². The fourth-order valence-corrected chi connectivity index (χ4v) is 4.22. The van der Waals surface area contributed by atoms with E-state index in [0.29, 0.717) is 5.56 Å². The summed E-state index contributed by atoms with van der Waals surface area (Å²) < 4.78 is 2.96. The van der Waals surface area contributed by atoms with Crippen LogP contribution in [0.1, 0.15) is 0 Å². The molecule has 1 heterocycles. The van der Waals surface area contributed by atoms with Crippen molar-refractivity contribution < 1.29 is 4.92 Å². The summed E-state index contributed by atoms with van der Waals surface area (Å²) in [6.45, 7) is 0. The lowest BCUT2D eigenvalue weighted by atomic mass is 10.00. The molecule has 0 bridgehead atoms. The molecule has 0 aliphatic rings. The molecule has 0 amide bonds. The largest absolute Gasteiger partial charge is 0.286 e. The number of fused-ring (bicyclic) bond motifs is 3. The summed E-state index contributed by atoms with van der Waals surface area (Å²) in [7, 11) is 0. The van der Waals surface area contributed by atoms with E-state index in [1.807, 2.05) is 60.7 Å². The SMILES string of the molecule is O=[N+]([O-])c1c(-c2ccc(Br)cc2)ccc2sc3ccccc3c12. The number of halogens is 1. The van der Waals surface area contributed by atoms with Crippen LogP contribution in [0.4, 0.5) is 5.69 Å². The van der Waals surface area contributed by atoms with Crippen LogP contribution in [0.25, 0.3) is 31.3 Å². The van der Waals surface area contributed by atoms with Crippen LogP contribution in [0.2, 0.25) is 0 Å². The Morgan fingerprint density at radius 1 is 0.913 bits per heavy atom. The Morgan fingerprint density at radius 2 is 1.65 bits per heavy atom. The van der Waals surface area contributed by atoms with Gasteiger partial charge in [-0.2, -0.15) is 0 Å². The number of thiophene rings is 1. The van der Waals surface area contributed by atoms with E-state index in [4.69, 9.17) is 0 Å². The number of nitro groups is 1. The zero-order valence-corrected chi connectivity index (χ0v) is 14.2. The van der Waals surface area contributed by atoms with Gasteiger partial charge in [-0.1, -0.05) is 46.3 Å². The highest BCUT2D eigenvalue weighted by atomic mass is 79.9. The summed E-state index contributed by atoms with van der Waals surface area (Å²) in [5.41, 5.74) is 1.68. The highest BCUT2D eigenvalue weighted by Gasteiger charge is 2.23. The fraction of sp³-hybridized carbons (Fsp3) is 0. The van der Waals surface area contributed by atoms with Gasteiger partial charge in [0.15, 0.2) is 0 Å². The Hall–Kier alpha value is -2.24. The number of benzene rings is 3. The lowest BCUT2D eigenvalue weighted by Crippen LogP contribution is -1.93. The van der Waals surface area contributed by atoms with Gasteiger partial charge in [-0.25, -0.2) is 0 Å². The van der Waals surface area contributed by atoms with Crippen LogP contribution in [0.15, 0.2) is 65.1 Å². The molecule has 1 aromatic heterocycles. The maximum atomic E-state index is 11.8. The smallest absolute Gasteiger partial charge is 0.258 e. The monoisotopic (exact) mass is 383 g/mol. The van der Waals surface area contributed by atoms with Gasteiger partial charge >= 0.3 is 0 Å². The highest BCUT2D eigenvalue weighted by Crippen LogP contribution is 2.44. The Balaban J connectivity index is 2.13. The number of hydrogen-bond acceptors (Lipinski definition) is 3. The van der Waals surface area contributed by atoms with Crippen LogP contribution in [0, 0.1) is 10.1 Å². The molecule has 0 fully saturated rings. The standard InChI is InChI=1S/C18H10BrNO2S/c19-12-7-5-11(6-8-12)13-9-10-16-17(18(13)20(21)22)14-3-1-2-4-15(14)23-16/h1-10H. The minimum absolute atomic E-state index is 0.183. The molecular formula is C18H10BrNO2S. The second kappa shape index (κ2) is 5.44. The van der Waals surface area contributed by atoms with Gasteiger partial charge in [0.05, 0.1) is 15.9 Å². The van der Waals surface area contributed by atoms with Crippen molar-refractivity contribution in [2.75, 3.05) is 0 Å². The van der Waals surface area contributed by atoms with Crippen LogP contribution >= 0.6 is 27.3 Å². The second-order valence-electron chi connectivity index (χ2n) is 5.20. The third-order valence-corrected chi connectivity index (χ3v) is 5.52. The molecule has 4 aromatic rings. The van der Waals surface area contributed by atoms with Crippen molar-refractivity contribution in [1.29, 1.82) is 0 Å². The van der Waals surface area contributed by atoms with E-state index in [2.05, 4.69) is 15.9 Å². The lowest BCUT2D eigenvalue weighted by molar-refractivity contribution is -0.382. The number of nitro benzene ring substituents is 1. The van der Waals surface area contributed by atoms with Crippen molar-refractivity contribution in [3.05, 3.63) is 75.3 Å². The van der Waals surface area contributed by atoms with Crippen LogP contribution in [-0.4, -0.2) is 4.92 Å². The molecule has 3 aromatic carbocycles. The van der Waals surface area contributed by atoms with Crippen LogP contribution in [-0.2, 0) is 0 Å². The molecule has 0 aliphatic carbocycles. The van der Waals surface area contributed by atoms with Gasteiger partial charge in [-0.3, -0.25) is 10.1 Å². The normalized spacial score (nSPS) is 11.2. The second-order valence-corrected chi connectivity index (χ2v) is 7.20. The number of rotatable bonds is 2. The number of hydrogen-bond donors (Lipinski definition) is 0. The zero-order valence-electron chi connectivity index (χ0n) is 11.8. The fourth-order valence-electron chi connectivity index (χ4n) is 2.85. The Bertz CT molecular complexity index is 1050. The topological polar surface area (TPSA) is 43.1 Å². The Morgan fingerprint density at radius 3 is 2.39 bits per heavy atom. The van der Waals surface area contributed by atoms with E-state index in [9.17, 15) is 10.1 Å².